The molecule has 3 heteroatoms. The summed E-state index contributed by atoms with van der Waals surface area (Å²) in [6.45, 7) is 3.69. The Morgan fingerprint density at radius 2 is 1.88 bits per heavy atom. The van der Waals surface area contributed by atoms with E-state index in [0.29, 0.717) is 12.2 Å². The number of Topliss-reactive ketones (excluding diaryl/α,β-unsaturated/α-hetero) is 2. The van der Waals surface area contributed by atoms with Crippen molar-refractivity contribution in [2.24, 2.45) is 0 Å². The summed E-state index contributed by atoms with van der Waals surface area (Å²) in [4.78, 5) is 23.0. The molecule has 0 aliphatic carbocycles. The summed E-state index contributed by atoms with van der Waals surface area (Å²) < 4.78 is 5.23. The van der Waals surface area contributed by atoms with Crippen molar-refractivity contribution < 1.29 is 14.3 Å². The SMILES string of the molecule is CCOC(CC(=O)c1ccccc1)C(C)=O. The fourth-order valence-electron chi connectivity index (χ4n) is 1.43. The Morgan fingerprint density at radius 3 is 2.38 bits per heavy atom. The van der Waals surface area contributed by atoms with Crippen LogP contribution in [-0.2, 0) is 9.53 Å². The van der Waals surface area contributed by atoms with Crippen LogP contribution in [0.3, 0.4) is 0 Å². The van der Waals surface area contributed by atoms with Crippen LogP contribution in [0.5, 0.6) is 0 Å². The van der Waals surface area contributed by atoms with Gasteiger partial charge in [-0.2, -0.15) is 0 Å². The molecule has 0 aliphatic heterocycles. The van der Waals surface area contributed by atoms with Crippen molar-refractivity contribution in [3.05, 3.63) is 35.9 Å². The average molecular weight is 220 g/mol. The predicted octanol–water partition coefficient (Wildman–Crippen LogP) is 2.25. The standard InChI is InChI=1S/C13H16O3/c1-3-16-13(10(2)14)9-12(15)11-7-5-4-6-8-11/h4-8,13H,3,9H2,1-2H3. The summed E-state index contributed by atoms with van der Waals surface area (Å²) in [5, 5.41) is 0. The third kappa shape index (κ3) is 3.59. The van der Waals surface area contributed by atoms with Gasteiger partial charge in [0.15, 0.2) is 11.6 Å². The zero-order chi connectivity index (χ0) is 12.0. The van der Waals surface area contributed by atoms with Crippen molar-refractivity contribution in [3.8, 4) is 0 Å². The van der Waals surface area contributed by atoms with Gasteiger partial charge in [-0.3, -0.25) is 9.59 Å². The van der Waals surface area contributed by atoms with Crippen LogP contribution in [0.1, 0.15) is 30.6 Å². The quantitative estimate of drug-likeness (QED) is 0.690. The summed E-state index contributed by atoms with van der Waals surface area (Å²) in [6, 6.07) is 8.94. The van der Waals surface area contributed by atoms with E-state index in [0.717, 1.165) is 0 Å². The van der Waals surface area contributed by atoms with Crippen molar-refractivity contribution in [1.29, 1.82) is 0 Å². The fourth-order valence-corrected chi connectivity index (χ4v) is 1.43. The summed E-state index contributed by atoms with van der Waals surface area (Å²) >= 11 is 0. The molecule has 0 spiro atoms. The molecule has 86 valence electrons. The Kier molecular flexibility index (Phi) is 4.86. The Bertz CT molecular complexity index is 357. The highest BCUT2D eigenvalue weighted by Crippen LogP contribution is 2.08. The molecule has 0 amide bonds. The number of benzene rings is 1. The number of hydrogen-bond acceptors (Lipinski definition) is 3. The molecule has 0 radical (unpaired) electrons. The van der Waals surface area contributed by atoms with Gasteiger partial charge in [0.2, 0.25) is 0 Å². The van der Waals surface area contributed by atoms with E-state index < -0.39 is 6.10 Å². The average Bonchev–Trinajstić information content (AvgIpc) is 2.29. The summed E-state index contributed by atoms with van der Waals surface area (Å²) in [5.74, 6) is -0.166. The van der Waals surface area contributed by atoms with Gasteiger partial charge in [0.1, 0.15) is 6.10 Å². The van der Waals surface area contributed by atoms with Gasteiger partial charge in [0.25, 0.3) is 0 Å². The molecule has 1 atom stereocenters. The molecular weight excluding hydrogens is 204 g/mol. The van der Waals surface area contributed by atoms with Crippen molar-refractivity contribution in [2.75, 3.05) is 6.61 Å². The molecule has 1 unspecified atom stereocenters. The van der Waals surface area contributed by atoms with Crippen LogP contribution in [0.15, 0.2) is 30.3 Å². The number of rotatable bonds is 6. The molecule has 0 fully saturated rings. The fraction of sp³-hybridized carbons (Fsp3) is 0.385. The molecule has 16 heavy (non-hydrogen) atoms. The van der Waals surface area contributed by atoms with Gasteiger partial charge in [-0.1, -0.05) is 30.3 Å². The largest absolute Gasteiger partial charge is 0.370 e. The number of carbonyl (C=O) groups is 2. The molecule has 0 heterocycles. The topological polar surface area (TPSA) is 43.4 Å². The van der Waals surface area contributed by atoms with E-state index in [4.69, 9.17) is 4.74 Å². The highest BCUT2D eigenvalue weighted by atomic mass is 16.5. The maximum Gasteiger partial charge on any atom is 0.165 e. The van der Waals surface area contributed by atoms with Gasteiger partial charge in [0, 0.05) is 18.6 Å². The monoisotopic (exact) mass is 220 g/mol. The predicted molar refractivity (Wildman–Crippen MR) is 61.5 cm³/mol. The Hall–Kier alpha value is -1.48. The van der Waals surface area contributed by atoms with Crippen LogP contribution in [0.2, 0.25) is 0 Å². The number of hydrogen-bond donors (Lipinski definition) is 0. The Balaban J connectivity index is 2.65. The zero-order valence-electron chi connectivity index (χ0n) is 9.60. The van der Waals surface area contributed by atoms with Crippen LogP contribution >= 0.6 is 0 Å². The summed E-state index contributed by atoms with van der Waals surface area (Å²) in [7, 11) is 0. The minimum atomic E-state index is -0.613. The van der Waals surface area contributed by atoms with Gasteiger partial charge in [0.05, 0.1) is 0 Å². The van der Waals surface area contributed by atoms with Gasteiger partial charge in [-0.05, 0) is 13.8 Å². The van der Waals surface area contributed by atoms with E-state index in [1.165, 1.54) is 6.92 Å². The third-order valence-electron chi connectivity index (χ3n) is 2.29. The van der Waals surface area contributed by atoms with Gasteiger partial charge >= 0.3 is 0 Å². The number of carbonyl (C=O) groups excluding carboxylic acids is 2. The lowest BCUT2D eigenvalue weighted by Crippen LogP contribution is -2.25. The molecule has 0 aliphatic rings. The molecule has 3 nitrogen and oxygen atoms in total. The second-order valence-corrected chi connectivity index (χ2v) is 3.55. The van der Waals surface area contributed by atoms with E-state index in [-0.39, 0.29) is 18.0 Å². The lowest BCUT2D eigenvalue weighted by Gasteiger charge is -2.12. The highest BCUT2D eigenvalue weighted by molar-refractivity contribution is 5.99. The molecule has 0 N–H and O–H groups in total. The van der Waals surface area contributed by atoms with Crippen molar-refractivity contribution in [3.63, 3.8) is 0 Å². The molecule has 0 aromatic heterocycles. The van der Waals surface area contributed by atoms with Gasteiger partial charge in [-0.15, -0.1) is 0 Å². The molecule has 0 saturated heterocycles. The first-order valence-electron chi connectivity index (χ1n) is 5.35. The zero-order valence-corrected chi connectivity index (χ0v) is 9.60. The van der Waals surface area contributed by atoms with Crippen LogP contribution in [0.4, 0.5) is 0 Å². The first kappa shape index (κ1) is 12.6. The molecule has 0 bridgehead atoms. The smallest absolute Gasteiger partial charge is 0.165 e. The Labute approximate surface area is 95.4 Å². The van der Waals surface area contributed by atoms with E-state index in [9.17, 15) is 9.59 Å². The van der Waals surface area contributed by atoms with Crippen LogP contribution in [-0.4, -0.2) is 24.3 Å². The molecule has 1 aromatic rings. The molecule has 1 rings (SSSR count). The van der Waals surface area contributed by atoms with E-state index in [2.05, 4.69) is 0 Å². The number of ether oxygens (including phenoxy) is 1. The molecular formula is C13H16O3. The summed E-state index contributed by atoms with van der Waals surface area (Å²) in [5.41, 5.74) is 0.619. The first-order valence-corrected chi connectivity index (χ1v) is 5.35. The third-order valence-corrected chi connectivity index (χ3v) is 2.29. The van der Waals surface area contributed by atoms with Crippen LogP contribution in [0, 0.1) is 0 Å². The first-order chi connectivity index (χ1) is 7.65. The Morgan fingerprint density at radius 1 is 1.25 bits per heavy atom. The van der Waals surface area contributed by atoms with Crippen molar-refractivity contribution >= 4 is 11.6 Å². The summed E-state index contributed by atoms with van der Waals surface area (Å²) in [6.07, 6.45) is -0.495. The van der Waals surface area contributed by atoms with Crippen molar-refractivity contribution in [1.82, 2.24) is 0 Å². The molecule has 0 saturated carbocycles. The lowest BCUT2D eigenvalue weighted by atomic mass is 10.0. The van der Waals surface area contributed by atoms with Gasteiger partial charge < -0.3 is 4.74 Å². The van der Waals surface area contributed by atoms with E-state index >= 15 is 0 Å². The molecule has 1 aromatic carbocycles. The number of ketones is 2. The van der Waals surface area contributed by atoms with Gasteiger partial charge in [-0.25, -0.2) is 0 Å². The maximum atomic E-state index is 11.8. The van der Waals surface area contributed by atoms with Crippen LogP contribution in [0.25, 0.3) is 0 Å². The minimum Gasteiger partial charge on any atom is -0.370 e. The lowest BCUT2D eigenvalue weighted by molar-refractivity contribution is -0.127. The van der Waals surface area contributed by atoms with E-state index in [1.54, 1.807) is 24.3 Å². The highest BCUT2D eigenvalue weighted by Gasteiger charge is 2.19. The minimum absolute atomic E-state index is 0.0609. The van der Waals surface area contributed by atoms with Crippen LogP contribution < -0.4 is 0 Å². The maximum absolute atomic E-state index is 11.8. The van der Waals surface area contributed by atoms with E-state index in [1.807, 2.05) is 13.0 Å². The second-order valence-electron chi connectivity index (χ2n) is 3.55. The second kappa shape index (κ2) is 6.18. The normalized spacial score (nSPS) is 12.1. The van der Waals surface area contributed by atoms with Crippen molar-refractivity contribution in [2.45, 2.75) is 26.4 Å².